The quantitative estimate of drug-likeness (QED) is 0.527. The summed E-state index contributed by atoms with van der Waals surface area (Å²) >= 11 is 0. The Kier molecular flexibility index (Phi) is 6.28. The lowest BCUT2D eigenvalue weighted by Crippen LogP contribution is -2.32. The minimum Gasteiger partial charge on any atom is -0.494 e. The van der Waals surface area contributed by atoms with E-state index in [0.29, 0.717) is 18.9 Å². The molecule has 0 saturated carbocycles. The third-order valence-corrected chi connectivity index (χ3v) is 5.58. The molecule has 1 atom stereocenters. The number of halogens is 1. The first-order valence-corrected chi connectivity index (χ1v) is 10.9. The molecule has 6 nitrogen and oxygen atoms in total. The number of rotatable bonds is 8. The molecule has 168 valence electrons. The van der Waals surface area contributed by atoms with Crippen LogP contribution >= 0.6 is 0 Å². The number of ether oxygens (including phenoxy) is 1. The van der Waals surface area contributed by atoms with Crippen LogP contribution in [-0.2, 0) is 0 Å². The zero-order valence-corrected chi connectivity index (χ0v) is 18.6. The summed E-state index contributed by atoms with van der Waals surface area (Å²) < 4.78 is 25.5. The van der Waals surface area contributed by atoms with E-state index in [9.17, 15) is 14.0 Å². The van der Waals surface area contributed by atoms with E-state index in [1.54, 1.807) is 4.90 Å². The lowest BCUT2D eigenvalue weighted by atomic mass is 9.98. The van der Waals surface area contributed by atoms with Crippen molar-refractivity contribution in [3.8, 4) is 5.75 Å². The van der Waals surface area contributed by atoms with Crippen LogP contribution in [0.5, 0.6) is 5.75 Å². The molecule has 0 spiro atoms. The van der Waals surface area contributed by atoms with Gasteiger partial charge in [-0.3, -0.25) is 9.59 Å². The summed E-state index contributed by atoms with van der Waals surface area (Å²) in [5.41, 5.74) is 0.843. The van der Waals surface area contributed by atoms with Crippen LogP contribution in [0.2, 0.25) is 0 Å². The number of hydrogen-bond donors (Lipinski definition) is 0. The first-order chi connectivity index (χ1) is 15.4. The van der Waals surface area contributed by atoms with E-state index in [1.165, 1.54) is 18.2 Å². The minimum absolute atomic E-state index is 0.0313. The van der Waals surface area contributed by atoms with Crippen molar-refractivity contribution in [3.05, 3.63) is 75.4 Å². The molecule has 1 aliphatic rings. The number of hydrogen-bond acceptors (Lipinski definition) is 5. The van der Waals surface area contributed by atoms with E-state index < -0.39 is 11.9 Å². The van der Waals surface area contributed by atoms with Gasteiger partial charge in [0, 0.05) is 6.54 Å². The van der Waals surface area contributed by atoms with E-state index in [-0.39, 0.29) is 33.6 Å². The van der Waals surface area contributed by atoms with Crippen molar-refractivity contribution < 1.29 is 18.3 Å². The molecule has 0 bridgehead atoms. The molecular weight excluding hydrogens is 411 g/mol. The third-order valence-electron chi connectivity index (χ3n) is 5.58. The monoisotopic (exact) mass is 438 g/mol. The molecule has 0 unspecified atom stereocenters. The topological polar surface area (TPSA) is 63.0 Å². The SMILES string of the molecule is CCCOc1cccc([C@@H]2c3c(oc4ccc(F)cc4c3=O)C(=O)N2CCCN(C)C)c1. The van der Waals surface area contributed by atoms with E-state index in [4.69, 9.17) is 9.15 Å². The number of nitrogens with zero attached hydrogens (tertiary/aromatic N) is 2. The van der Waals surface area contributed by atoms with Crippen molar-refractivity contribution in [2.75, 3.05) is 33.8 Å². The summed E-state index contributed by atoms with van der Waals surface area (Å²) in [6.07, 6.45) is 1.60. The lowest BCUT2D eigenvalue weighted by Gasteiger charge is -2.26. The van der Waals surface area contributed by atoms with Crippen molar-refractivity contribution >= 4 is 16.9 Å². The molecule has 0 aliphatic carbocycles. The van der Waals surface area contributed by atoms with Crippen molar-refractivity contribution in [1.82, 2.24) is 9.80 Å². The Balaban J connectivity index is 1.84. The fourth-order valence-corrected chi connectivity index (χ4v) is 4.12. The Bertz CT molecular complexity index is 1200. The number of amides is 1. The predicted octanol–water partition coefficient (Wildman–Crippen LogP) is 4.22. The highest BCUT2D eigenvalue weighted by atomic mass is 19.1. The van der Waals surface area contributed by atoms with Gasteiger partial charge in [0.2, 0.25) is 5.76 Å². The minimum atomic E-state index is -0.617. The van der Waals surface area contributed by atoms with Crippen LogP contribution in [0.4, 0.5) is 4.39 Å². The zero-order valence-electron chi connectivity index (χ0n) is 18.6. The average Bonchev–Trinajstić information content (AvgIpc) is 3.05. The molecule has 1 aromatic heterocycles. The van der Waals surface area contributed by atoms with E-state index >= 15 is 0 Å². The highest BCUT2D eigenvalue weighted by Crippen LogP contribution is 2.39. The van der Waals surface area contributed by atoms with Gasteiger partial charge in [-0.25, -0.2) is 4.39 Å². The second-order valence-corrected chi connectivity index (χ2v) is 8.29. The van der Waals surface area contributed by atoms with Crippen LogP contribution < -0.4 is 10.2 Å². The molecule has 7 heteroatoms. The molecular formula is C25H27FN2O4. The van der Waals surface area contributed by atoms with Crippen molar-refractivity contribution in [2.45, 2.75) is 25.8 Å². The molecule has 4 rings (SSSR count). The van der Waals surface area contributed by atoms with Gasteiger partial charge in [-0.15, -0.1) is 0 Å². The van der Waals surface area contributed by atoms with Gasteiger partial charge in [0.05, 0.1) is 23.6 Å². The normalized spacial score (nSPS) is 15.6. The molecule has 32 heavy (non-hydrogen) atoms. The Morgan fingerprint density at radius 3 is 2.72 bits per heavy atom. The van der Waals surface area contributed by atoms with Crippen LogP contribution in [0.25, 0.3) is 11.0 Å². The second-order valence-electron chi connectivity index (χ2n) is 8.29. The van der Waals surface area contributed by atoms with Gasteiger partial charge in [0.25, 0.3) is 5.91 Å². The van der Waals surface area contributed by atoms with Gasteiger partial charge in [-0.1, -0.05) is 19.1 Å². The highest BCUT2D eigenvalue weighted by Gasteiger charge is 2.42. The molecule has 0 fully saturated rings. The fourth-order valence-electron chi connectivity index (χ4n) is 4.12. The molecule has 0 saturated heterocycles. The zero-order chi connectivity index (χ0) is 22.8. The smallest absolute Gasteiger partial charge is 0.290 e. The van der Waals surface area contributed by atoms with Crippen LogP contribution in [-0.4, -0.2) is 49.5 Å². The van der Waals surface area contributed by atoms with E-state index in [1.807, 2.05) is 50.2 Å². The largest absolute Gasteiger partial charge is 0.494 e. The summed E-state index contributed by atoms with van der Waals surface area (Å²) in [5, 5.41) is 0.134. The standard InChI is InChI=1S/C25H27FN2O4/c1-4-13-31-18-8-5-7-16(14-18)22-21-23(29)19-15-17(26)9-10-20(19)32-24(21)25(30)28(22)12-6-11-27(2)3/h5,7-10,14-15,22H,4,6,11-13H2,1-3H3/t22-/m1/s1. The summed E-state index contributed by atoms with van der Waals surface area (Å²) in [6, 6.07) is 10.6. The van der Waals surface area contributed by atoms with Gasteiger partial charge in [0.15, 0.2) is 5.43 Å². The molecule has 0 N–H and O–H groups in total. The first kappa shape index (κ1) is 22.0. The number of fused-ring (bicyclic) bond motifs is 2. The highest BCUT2D eigenvalue weighted by molar-refractivity contribution is 5.99. The fraction of sp³-hybridized carbons (Fsp3) is 0.360. The van der Waals surface area contributed by atoms with Crippen LogP contribution in [0.1, 0.15) is 47.5 Å². The maximum Gasteiger partial charge on any atom is 0.290 e. The van der Waals surface area contributed by atoms with Gasteiger partial charge >= 0.3 is 0 Å². The molecule has 1 aliphatic heterocycles. The molecule has 0 radical (unpaired) electrons. The van der Waals surface area contributed by atoms with Gasteiger partial charge in [0.1, 0.15) is 17.1 Å². The molecule has 2 aromatic carbocycles. The van der Waals surface area contributed by atoms with Gasteiger partial charge in [-0.05, 0) is 69.4 Å². The van der Waals surface area contributed by atoms with Crippen molar-refractivity contribution in [3.63, 3.8) is 0 Å². The van der Waals surface area contributed by atoms with Crippen LogP contribution in [0, 0.1) is 5.82 Å². The number of carbonyl (C=O) groups is 1. The van der Waals surface area contributed by atoms with E-state index in [0.717, 1.165) is 24.9 Å². The summed E-state index contributed by atoms with van der Waals surface area (Å²) in [7, 11) is 3.94. The Labute approximate surface area is 186 Å². The molecule has 2 heterocycles. The predicted molar refractivity (Wildman–Crippen MR) is 121 cm³/mol. The first-order valence-electron chi connectivity index (χ1n) is 10.9. The van der Waals surface area contributed by atoms with Crippen molar-refractivity contribution in [2.24, 2.45) is 0 Å². The lowest BCUT2D eigenvalue weighted by molar-refractivity contribution is 0.0722. The van der Waals surface area contributed by atoms with Crippen LogP contribution in [0.15, 0.2) is 51.7 Å². The number of carbonyl (C=O) groups excluding carboxylic acids is 1. The maximum absolute atomic E-state index is 13.9. The third kappa shape index (κ3) is 4.12. The van der Waals surface area contributed by atoms with Gasteiger partial charge < -0.3 is 19.0 Å². The second kappa shape index (κ2) is 9.12. The summed E-state index contributed by atoms with van der Waals surface area (Å²) in [4.78, 5) is 30.5. The van der Waals surface area contributed by atoms with Crippen molar-refractivity contribution in [1.29, 1.82) is 0 Å². The van der Waals surface area contributed by atoms with E-state index in [2.05, 4.69) is 0 Å². The van der Waals surface area contributed by atoms with Gasteiger partial charge in [-0.2, -0.15) is 0 Å². The summed E-state index contributed by atoms with van der Waals surface area (Å²) in [5.74, 6) is -0.145. The number of benzene rings is 2. The Hall–Kier alpha value is -3.19. The Morgan fingerprint density at radius 1 is 1.16 bits per heavy atom. The van der Waals surface area contributed by atoms with Crippen LogP contribution in [0.3, 0.4) is 0 Å². The summed E-state index contributed by atoms with van der Waals surface area (Å²) in [6.45, 7) is 3.84. The maximum atomic E-state index is 13.9. The Morgan fingerprint density at radius 2 is 1.97 bits per heavy atom. The molecule has 3 aromatic rings. The molecule has 1 amide bonds. The average molecular weight is 438 g/mol.